The van der Waals surface area contributed by atoms with Crippen molar-refractivity contribution in [3.05, 3.63) is 0 Å². The quantitative estimate of drug-likeness (QED) is 0.297. The first-order valence-corrected chi connectivity index (χ1v) is 16.2. The van der Waals surface area contributed by atoms with Gasteiger partial charge in [-0.1, -0.05) is 96.9 Å². The van der Waals surface area contributed by atoms with Gasteiger partial charge in [-0.25, -0.2) is 0 Å². The zero-order valence-electron chi connectivity index (χ0n) is 26.1. The van der Waals surface area contributed by atoms with E-state index in [1.165, 1.54) is 32.4 Å². The van der Waals surface area contributed by atoms with E-state index in [0.717, 1.165) is 42.5 Å². The summed E-state index contributed by atoms with van der Waals surface area (Å²) in [6.07, 6.45) is 4.43. The summed E-state index contributed by atoms with van der Waals surface area (Å²) < 4.78 is 16.2. The van der Waals surface area contributed by atoms with Gasteiger partial charge in [0, 0.05) is 30.5 Å². The predicted octanol–water partition coefficient (Wildman–Crippen LogP) is 8.12. The molecule has 0 unspecified atom stereocenters. The Bertz CT molecular complexity index is 678. The van der Waals surface area contributed by atoms with Crippen molar-refractivity contribution in [2.75, 3.05) is 44.9 Å². The van der Waals surface area contributed by atoms with E-state index in [0.29, 0.717) is 27.6 Å². The van der Waals surface area contributed by atoms with Crippen molar-refractivity contribution in [2.24, 2.45) is 45.3 Å². The maximum Gasteiger partial charge on any atom is 0.0521 e. The van der Waals surface area contributed by atoms with E-state index in [2.05, 4.69) is 101 Å². The minimum atomic E-state index is -1.61. The van der Waals surface area contributed by atoms with Crippen molar-refractivity contribution in [3.8, 4) is 0 Å². The van der Waals surface area contributed by atoms with Crippen LogP contribution in [0.3, 0.4) is 0 Å². The summed E-state index contributed by atoms with van der Waals surface area (Å²) in [6.45, 7) is 31.9. The van der Waals surface area contributed by atoms with Crippen LogP contribution in [0.5, 0.6) is 0 Å². The van der Waals surface area contributed by atoms with E-state index >= 15 is 0 Å². The SMILES string of the molecule is C.C=S1(=O)CC(C(C)(C)C)C1.CC(C)(C)C1CCC1.CC(C)(C)C1COC1.CN1CC(C(C)(C)C)C1. The summed E-state index contributed by atoms with van der Waals surface area (Å²) in [5.74, 6) is 8.76. The second-order valence-electron chi connectivity index (χ2n) is 16.2. The van der Waals surface area contributed by atoms with Crippen LogP contribution in [0.25, 0.3) is 0 Å². The highest BCUT2D eigenvalue weighted by molar-refractivity contribution is 8.01. The molecule has 3 aliphatic heterocycles. The molecule has 0 spiro atoms. The molecule has 0 bridgehead atoms. The first-order chi connectivity index (χ1) is 15.5. The molecule has 0 atom stereocenters. The molecule has 0 aromatic rings. The monoisotopic (exact) mass is 529 g/mol. The third-order valence-corrected chi connectivity index (χ3v) is 10.7. The third kappa shape index (κ3) is 12.7. The second kappa shape index (κ2) is 13.3. The highest BCUT2D eigenvalue weighted by Crippen LogP contribution is 2.41. The molecule has 3 nitrogen and oxygen atoms in total. The Labute approximate surface area is 228 Å². The second-order valence-corrected chi connectivity index (χ2v) is 18.8. The molecular weight excluding hydrogens is 462 g/mol. The molecule has 0 radical (unpaired) electrons. The molecule has 3 saturated heterocycles. The Kier molecular flexibility index (Phi) is 13.3. The van der Waals surface area contributed by atoms with E-state index in [9.17, 15) is 4.21 Å². The highest BCUT2D eigenvalue weighted by atomic mass is 32.2. The molecule has 3 heterocycles. The fraction of sp³-hybridized carbons (Fsp3) is 0.969. The summed E-state index contributed by atoms with van der Waals surface area (Å²) in [4.78, 5) is 2.37. The Hall–Kier alpha value is -0.0600. The lowest BCUT2D eigenvalue weighted by Gasteiger charge is -2.44. The van der Waals surface area contributed by atoms with Crippen LogP contribution >= 0.6 is 0 Å². The Morgan fingerprint density at radius 2 is 1.03 bits per heavy atom. The van der Waals surface area contributed by atoms with Gasteiger partial charge in [0.15, 0.2) is 0 Å². The van der Waals surface area contributed by atoms with Gasteiger partial charge < -0.3 is 9.64 Å². The largest absolute Gasteiger partial charge is 0.381 e. The van der Waals surface area contributed by atoms with Crippen LogP contribution in [0.15, 0.2) is 0 Å². The first kappa shape index (κ1) is 35.9. The maximum atomic E-state index is 11.2. The molecule has 1 saturated carbocycles. The van der Waals surface area contributed by atoms with E-state index in [1.54, 1.807) is 0 Å². The van der Waals surface area contributed by atoms with Gasteiger partial charge in [0.1, 0.15) is 0 Å². The van der Waals surface area contributed by atoms with Gasteiger partial charge in [0.05, 0.1) is 13.2 Å². The van der Waals surface area contributed by atoms with Crippen molar-refractivity contribution in [2.45, 2.75) is 110 Å². The molecule has 0 N–H and O–H groups in total. The topological polar surface area (TPSA) is 29.5 Å². The molecule has 1 aliphatic carbocycles. The lowest BCUT2D eigenvalue weighted by molar-refractivity contribution is -0.0821. The van der Waals surface area contributed by atoms with Crippen molar-refractivity contribution in [3.63, 3.8) is 0 Å². The summed E-state index contributed by atoms with van der Waals surface area (Å²) in [6, 6.07) is 0. The van der Waals surface area contributed by atoms with Gasteiger partial charge in [0.2, 0.25) is 0 Å². The molecule has 36 heavy (non-hydrogen) atoms. The van der Waals surface area contributed by atoms with Gasteiger partial charge in [-0.3, -0.25) is 4.21 Å². The number of ether oxygens (including phenoxy) is 1. The average Bonchev–Trinajstić information content (AvgIpc) is 2.42. The molecule has 4 rings (SSSR count). The van der Waals surface area contributed by atoms with Gasteiger partial charge >= 0.3 is 0 Å². The third-order valence-electron chi connectivity index (χ3n) is 8.72. The zero-order valence-corrected chi connectivity index (χ0v) is 26.9. The molecule has 4 aliphatic rings. The molecule has 218 valence electrons. The van der Waals surface area contributed by atoms with E-state index in [4.69, 9.17) is 4.74 Å². The molecule has 4 heteroatoms. The number of hydrogen-bond donors (Lipinski definition) is 0. The van der Waals surface area contributed by atoms with Crippen LogP contribution in [0.4, 0.5) is 0 Å². The smallest absolute Gasteiger partial charge is 0.0521 e. The number of nitrogens with zero attached hydrogens (tertiary/aromatic N) is 1. The van der Waals surface area contributed by atoms with Crippen molar-refractivity contribution in [1.29, 1.82) is 0 Å². The lowest BCUT2D eigenvalue weighted by Crippen LogP contribution is -2.49. The van der Waals surface area contributed by atoms with Gasteiger partial charge in [0.25, 0.3) is 0 Å². The summed E-state index contributed by atoms with van der Waals surface area (Å²) in [5.41, 5.74) is 1.93. The standard InChI is InChI=1S/C8H17N.C8H16OS.C8H16.C7H14O.CH4/c1-8(2,3)7-5-9(4)6-7;1-8(2,3)7-5-10(4,9)6-7;1-8(2,3)7-5-4-6-7;1-7(2,3)6-4-8-5-6;/h7H,5-6H2,1-4H3;7H,4-6H2,1-3H3;7H,4-6H2,1-3H3;6H,4-5H2,1-3H3;1H4. The van der Waals surface area contributed by atoms with Crippen LogP contribution < -0.4 is 0 Å². The minimum Gasteiger partial charge on any atom is -0.381 e. The fourth-order valence-electron chi connectivity index (χ4n) is 4.44. The van der Waals surface area contributed by atoms with Crippen LogP contribution in [0.2, 0.25) is 0 Å². The predicted molar refractivity (Wildman–Crippen MR) is 166 cm³/mol. The summed E-state index contributed by atoms with van der Waals surface area (Å²) in [5, 5.41) is 0. The van der Waals surface area contributed by atoms with E-state index in [1.807, 2.05) is 0 Å². The number of rotatable bonds is 0. The molecular formula is C32H67NO2S. The van der Waals surface area contributed by atoms with Gasteiger partial charge in [-0.2, -0.15) is 0 Å². The molecule has 0 aromatic carbocycles. The van der Waals surface area contributed by atoms with Crippen LogP contribution in [0, 0.1) is 45.3 Å². The van der Waals surface area contributed by atoms with Crippen molar-refractivity contribution in [1.82, 2.24) is 4.90 Å². The molecule has 0 aromatic heterocycles. The van der Waals surface area contributed by atoms with Crippen molar-refractivity contribution < 1.29 is 8.95 Å². The summed E-state index contributed by atoms with van der Waals surface area (Å²) in [7, 11) is 0.569. The normalized spacial score (nSPS) is 27.5. The molecule has 0 amide bonds. The highest BCUT2D eigenvalue weighted by Gasteiger charge is 2.37. The number of likely N-dealkylation sites (tertiary alicyclic amines) is 1. The molecule has 4 fully saturated rings. The van der Waals surface area contributed by atoms with Crippen LogP contribution in [-0.4, -0.2) is 59.8 Å². The first-order valence-electron chi connectivity index (χ1n) is 14.1. The summed E-state index contributed by atoms with van der Waals surface area (Å²) >= 11 is 0. The maximum absolute atomic E-state index is 11.2. The van der Waals surface area contributed by atoms with E-state index in [-0.39, 0.29) is 7.43 Å². The van der Waals surface area contributed by atoms with Crippen molar-refractivity contribution >= 4 is 15.4 Å². The Balaban J connectivity index is 0.000000451. The lowest BCUT2D eigenvalue weighted by atomic mass is 9.69. The average molecular weight is 530 g/mol. The van der Waals surface area contributed by atoms with Crippen LogP contribution in [0.1, 0.15) is 110 Å². The zero-order chi connectivity index (χ0) is 27.5. The minimum absolute atomic E-state index is 0. The Morgan fingerprint density at radius 1 is 0.667 bits per heavy atom. The van der Waals surface area contributed by atoms with Crippen LogP contribution in [-0.2, 0) is 14.3 Å². The van der Waals surface area contributed by atoms with E-state index < -0.39 is 9.52 Å². The Morgan fingerprint density at radius 3 is 1.08 bits per heavy atom. The number of hydrogen-bond acceptors (Lipinski definition) is 3. The van der Waals surface area contributed by atoms with Gasteiger partial charge in [-0.15, -0.1) is 0 Å². The van der Waals surface area contributed by atoms with Gasteiger partial charge in [-0.05, 0) is 74.7 Å². The fourth-order valence-corrected chi connectivity index (χ4v) is 6.81.